The number of amides is 4. The second-order valence-electron chi connectivity index (χ2n) is 8.32. The van der Waals surface area contributed by atoms with Crippen molar-refractivity contribution in [2.75, 3.05) is 13.1 Å². The summed E-state index contributed by atoms with van der Waals surface area (Å²) in [5.74, 6) is 0.819. The molecule has 2 aromatic carbocycles. The molecule has 2 aromatic rings. The van der Waals surface area contributed by atoms with Crippen LogP contribution in [0.1, 0.15) is 93.3 Å². The molecular weight excluding hydrogens is 404 g/mol. The molecule has 0 fully saturated rings. The van der Waals surface area contributed by atoms with Crippen LogP contribution in [0.25, 0.3) is 10.8 Å². The van der Waals surface area contributed by atoms with Crippen LogP contribution in [0.3, 0.4) is 0 Å². The summed E-state index contributed by atoms with van der Waals surface area (Å²) in [5.41, 5.74) is 1.37. The Hall–Kier alpha value is -3.46. The lowest BCUT2D eigenvalue weighted by Crippen LogP contribution is -2.43. The van der Waals surface area contributed by atoms with E-state index in [1.54, 1.807) is 24.3 Å². The maximum Gasteiger partial charge on any atom is 0.261 e. The number of benzene rings is 2. The summed E-state index contributed by atoms with van der Waals surface area (Å²) in [5, 5.41) is 0.806. The first-order chi connectivity index (χ1) is 15.5. The van der Waals surface area contributed by atoms with E-state index in [-0.39, 0.29) is 24.8 Å². The van der Waals surface area contributed by atoms with Crippen molar-refractivity contribution in [2.24, 2.45) is 0 Å². The number of rotatable bonds is 9. The molecule has 2 aliphatic rings. The Balaban J connectivity index is 1.67. The average Bonchev–Trinajstić information content (AvgIpc) is 2.80. The topological polar surface area (TPSA) is 74.8 Å². The van der Waals surface area contributed by atoms with Crippen molar-refractivity contribution < 1.29 is 19.2 Å². The maximum atomic E-state index is 13.2. The SMILES string of the molecule is C#CCCN1C(=O)c2ccc3c4c(ccc(c24)C1=O)C(=O)N(CCCCCCCC)C3=O. The number of carbonyl (C=O) groups is 4. The lowest BCUT2D eigenvalue weighted by Gasteiger charge is -2.31. The summed E-state index contributed by atoms with van der Waals surface area (Å²) in [4.78, 5) is 54.8. The van der Waals surface area contributed by atoms with Crippen molar-refractivity contribution in [3.63, 3.8) is 0 Å². The van der Waals surface area contributed by atoms with Gasteiger partial charge >= 0.3 is 0 Å². The Morgan fingerprint density at radius 1 is 0.656 bits per heavy atom. The van der Waals surface area contributed by atoms with Gasteiger partial charge in [0.1, 0.15) is 0 Å². The number of hydrogen-bond acceptors (Lipinski definition) is 4. The number of unbranched alkanes of at least 4 members (excludes halogenated alkanes) is 5. The minimum absolute atomic E-state index is 0.127. The van der Waals surface area contributed by atoms with Crippen LogP contribution in [-0.2, 0) is 0 Å². The van der Waals surface area contributed by atoms with Crippen molar-refractivity contribution in [1.29, 1.82) is 0 Å². The molecule has 0 spiro atoms. The predicted octanol–water partition coefficient (Wildman–Crippen LogP) is 4.42. The smallest absolute Gasteiger partial charge is 0.261 e. The second kappa shape index (κ2) is 8.96. The van der Waals surface area contributed by atoms with Crippen LogP contribution >= 0.6 is 0 Å². The third-order valence-electron chi connectivity index (χ3n) is 6.28. The van der Waals surface area contributed by atoms with Crippen molar-refractivity contribution in [2.45, 2.75) is 51.9 Å². The monoisotopic (exact) mass is 430 g/mol. The first-order valence-electron chi connectivity index (χ1n) is 11.3. The van der Waals surface area contributed by atoms with Crippen molar-refractivity contribution in [3.8, 4) is 12.3 Å². The van der Waals surface area contributed by atoms with E-state index in [2.05, 4.69) is 12.8 Å². The predicted molar refractivity (Wildman–Crippen MR) is 122 cm³/mol. The van der Waals surface area contributed by atoms with Crippen molar-refractivity contribution in [3.05, 3.63) is 46.5 Å². The molecule has 0 aromatic heterocycles. The van der Waals surface area contributed by atoms with Gasteiger partial charge in [-0.05, 0) is 30.7 Å². The van der Waals surface area contributed by atoms with Gasteiger partial charge in [0.15, 0.2) is 0 Å². The maximum absolute atomic E-state index is 13.2. The molecule has 0 unspecified atom stereocenters. The molecule has 0 atom stereocenters. The van der Waals surface area contributed by atoms with E-state index in [1.165, 1.54) is 17.7 Å². The molecule has 0 radical (unpaired) electrons. The molecule has 0 bridgehead atoms. The number of imide groups is 2. The Morgan fingerprint density at radius 3 is 1.50 bits per heavy atom. The third-order valence-corrected chi connectivity index (χ3v) is 6.28. The third kappa shape index (κ3) is 3.48. The molecule has 0 saturated heterocycles. The summed E-state index contributed by atoms with van der Waals surface area (Å²) in [6.07, 6.45) is 11.9. The Labute approximate surface area is 187 Å². The summed E-state index contributed by atoms with van der Waals surface area (Å²) in [6.45, 7) is 2.66. The molecule has 6 nitrogen and oxygen atoms in total. The van der Waals surface area contributed by atoms with Gasteiger partial charge in [-0.2, -0.15) is 0 Å². The molecule has 0 saturated carbocycles. The van der Waals surface area contributed by atoms with Gasteiger partial charge < -0.3 is 0 Å². The van der Waals surface area contributed by atoms with Crippen LogP contribution in [0.5, 0.6) is 0 Å². The van der Waals surface area contributed by atoms with Gasteiger partial charge in [-0.3, -0.25) is 29.0 Å². The summed E-state index contributed by atoms with van der Waals surface area (Å²) in [6, 6.07) is 6.36. The fraction of sp³-hybridized carbons (Fsp3) is 0.385. The molecule has 4 rings (SSSR count). The van der Waals surface area contributed by atoms with Gasteiger partial charge in [-0.25, -0.2) is 0 Å². The highest BCUT2D eigenvalue weighted by Gasteiger charge is 2.39. The highest BCUT2D eigenvalue weighted by atomic mass is 16.2. The molecule has 4 amide bonds. The van der Waals surface area contributed by atoms with Crippen molar-refractivity contribution >= 4 is 34.4 Å². The molecular formula is C26H26N2O4. The molecule has 2 heterocycles. The zero-order valence-corrected chi connectivity index (χ0v) is 18.3. The summed E-state index contributed by atoms with van der Waals surface area (Å²) >= 11 is 0. The molecule has 0 N–H and O–H groups in total. The van der Waals surface area contributed by atoms with Crippen LogP contribution < -0.4 is 0 Å². The van der Waals surface area contributed by atoms with Crippen LogP contribution in [0, 0.1) is 12.3 Å². The van der Waals surface area contributed by atoms with Crippen LogP contribution in [-0.4, -0.2) is 46.5 Å². The van der Waals surface area contributed by atoms with Crippen LogP contribution in [0.2, 0.25) is 0 Å². The van der Waals surface area contributed by atoms with Gasteiger partial charge in [0, 0.05) is 52.5 Å². The van der Waals surface area contributed by atoms with Gasteiger partial charge in [0.05, 0.1) is 0 Å². The highest BCUT2D eigenvalue weighted by molar-refractivity contribution is 6.33. The van der Waals surface area contributed by atoms with Crippen LogP contribution in [0.4, 0.5) is 0 Å². The molecule has 164 valence electrons. The Kier molecular flexibility index (Phi) is 6.09. The minimum Gasteiger partial charge on any atom is -0.274 e. The highest BCUT2D eigenvalue weighted by Crippen LogP contribution is 2.37. The number of nitrogens with zero attached hydrogens (tertiary/aromatic N) is 2. The fourth-order valence-electron chi connectivity index (χ4n) is 4.61. The van der Waals surface area contributed by atoms with Gasteiger partial charge in [-0.15, -0.1) is 12.3 Å². The van der Waals surface area contributed by atoms with E-state index in [1.807, 2.05) is 0 Å². The lowest BCUT2D eigenvalue weighted by atomic mass is 9.86. The number of terminal acetylenes is 1. The van der Waals surface area contributed by atoms with E-state index in [9.17, 15) is 19.2 Å². The summed E-state index contributed by atoms with van der Waals surface area (Å²) in [7, 11) is 0. The van der Waals surface area contributed by atoms with Gasteiger partial charge in [0.25, 0.3) is 23.6 Å². The van der Waals surface area contributed by atoms with E-state index in [0.717, 1.165) is 30.6 Å². The van der Waals surface area contributed by atoms with Gasteiger partial charge in [0.2, 0.25) is 0 Å². The largest absolute Gasteiger partial charge is 0.274 e. The van der Waals surface area contributed by atoms with Crippen molar-refractivity contribution in [1.82, 2.24) is 9.80 Å². The first kappa shape index (κ1) is 21.8. The van der Waals surface area contributed by atoms with E-state index < -0.39 is 11.8 Å². The zero-order chi connectivity index (χ0) is 22.8. The molecule has 6 heteroatoms. The van der Waals surface area contributed by atoms with E-state index in [4.69, 9.17) is 6.42 Å². The van der Waals surface area contributed by atoms with E-state index in [0.29, 0.717) is 39.6 Å². The van der Waals surface area contributed by atoms with Crippen LogP contribution in [0.15, 0.2) is 24.3 Å². The molecule has 0 aliphatic carbocycles. The normalized spacial score (nSPS) is 15.0. The molecule has 2 aliphatic heterocycles. The second-order valence-corrected chi connectivity index (χ2v) is 8.32. The zero-order valence-electron chi connectivity index (χ0n) is 18.3. The first-order valence-corrected chi connectivity index (χ1v) is 11.3. The molecule has 32 heavy (non-hydrogen) atoms. The number of carbonyl (C=O) groups excluding carboxylic acids is 4. The average molecular weight is 431 g/mol. The fourth-order valence-corrected chi connectivity index (χ4v) is 4.61. The minimum atomic E-state index is -0.448. The standard InChI is InChI=1S/C26H26N2O4/c1-3-5-7-8-9-10-16-28-25(31)19-13-11-17-21-18(12-14-20(22(19)21)26(28)32)24(30)27(23(17)29)15-6-4-2/h2,11-14H,3,5-10,15-16H2,1H3. The number of hydrogen-bond donors (Lipinski definition) is 0. The summed E-state index contributed by atoms with van der Waals surface area (Å²) < 4.78 is 0. The quantitative estimate of drug-likeness (QED) is 0.335. The van der Waals surface area contributed by atoms with Gasteiger partial charge in [-0.1, -0.05) is 39.0 Å². The lowest BCUT2D eigenvalue weighted by molar-refractivity contribution is 0.0589. The Morgan fingerprint density at radius 2 is 1.06 bits per heavy atom. The Bertz CT molecular complexity index is 1100. The van der Waals surface area contributed by atoms with E-state index >= 15 is 0 Å².